The fraction of sp³-hybridized carbons (Fsp3) is 0.333. The third-order valence-electron chi connectivity index (χ3n) is 1.04. The predicted octanol–water partition coefficient (Wildman–Crippen LogP) is -0.0356. The summed E-state index contributed by atoms with van der Waals surface area (Å²) in [6.07, 6.45) is 5.51. The Morgan fingerprint density at radius 1 is 1.73 bits per heavy atom. The van der Waals surface area contributed by atoms with E-state index in [2.05, 4.69) is 22.6 Å². The van der Waals surface area contributed by atoms with Gasteiger partial charge in [-0.25, -0.2) is 12.7 Å². The first-order valence-electron chi connectivity index (χ1n) is 2.86. The molecule has 0 aliphatic heterocycles. The molecular formula is C6H8N4Y-2. The summed E-state index contributed by atoms with van der Waals surface area (Å²) in [5.74, 6) is 0.417. The van der Waals surface area contributed by atoms with Crippen molar-refractivity contribution < 1.29 is 32.7 Å². The van der Waals surface area contributed by atoms with E-state index in [1.807, 2.05) is 0 Å². The number of aryl methyl sites for hydroxylation is 1. The summed E-state index contributed by atoms with van der Waals surface area (Å²) in [4.78, 5) is 0. The molecule has 1 aromatic rings. The Morgan fingerprint density at radius 3 is 2.73 bits per heavy atom. The van der Waals surface area contributed by atoms with Crippen molar-refractivity contribution in [3.05, 3.63) is 18.0 Å². The topological polar surface area (TPSA) is 56.7 Å². The van der Waals surface area contributed by atoms with Crippen LogP contribution in [-0.4, -0.2) is 15.0 Å². The number of aromatic nitrogens is 3. The summed E-state index contributed by atoms with van der Waals surface area (Å²) in [7, 11) is 0. The molecule has 1 radical (unpaired) electrons. The molecule has 0 aromatic carbocycles. The average Bonchev–Trinajstić information content (AvgIpc) is 2.34. The van der Waals surface area contributed by atoms with E-state index >= 15 is 0 Å². The van der Waals surface area contributed by atoms with E-state index < -0.39 is 0 Å². The maximum atomic E-state index is 5.44. The van der Waals surface area contributed by atoms with Gasteiger partial charge in [-0.2, -0.15) is 5.10 Å². The fourth-order valence-corrected chi connectivity index (χ4v) is 0.524. The van der Waals surface area contributed by atoms with Crippen LogP contribution in [0.15, 0.2) is 0 Å². The largest absolute Gasteiger partial charge is 0.563 e. The Labute approximate surface area is 90.7 Å². The van der Waals surface area contributed by atoms with Crippen molar-refractivity contribution in [2.24, 2.45) is 5.73 Å². The molecule has 0 spiro atoms. The van der Waals surface area contributed by atoms with Crippen LogP contribution in [-0.2, 0) is 32.7 Å². The smallest absolute Gasteiger partial charge is 0 e. The number of allylic oxidation sites excluding steroid dienone is 1. The van der Waals surface area contributed by atoms with Gasteiger partial charge in [0.1, 0.15) is 0 Å². The molecule has 0 amide bonds. The van der Waals surface area contributed by atoms with Crippen LogP contribution in [0.1, 0.15) is 12.6 Å². The Bertz CT molecular complexity index is 253. The van der Waals surface area contributed by atoms with Gasteiger partial charge < -0.3 is 16.5 Å². The van der Waals surface area contributed by atoms with Gasteiger partial charge in [-0.3, -0.25) is 0 Å². The van der Waals surface area contributed by atoms with Gasteiger partial charge >= 0.3 is 0 Å². The van der Waals surface area contributed by atoms with Crippen molar-refractivity contribution >= 4 is 5.82 Å². The second kappa shape index (κ2) is 4.62. The Balaban J connectivity index is 0.000001000. The van der Waals surface area contributed by atoms with E-state index in [1.165, 1.54) is 4.68 Å². The van der Waals surface area contributed by atoms with Crippen LogP contribution in [0.5, 0.6) is 0 Å². The second-order valence-electron chi connectivity index (χ2n) is 1.83. The van der Waals surface area contributed by atoms with E-state index in [9.17, 15) is 0 Å². The van der Waals surface area contributed by atoms with Crippen molar-refractivity contribution in [1.82, 2.24) is 15.0 Å². The SMILES string of the molecule is C[C-]=C(N)n1[c-]c(C)nn1.[Y]. The molecule has 2 N–H and O–H groups in total. The van der Waals surface area contributed by atoms with Crippen molar-refractivity contribution in [2.45, 2.75) is 13.8 Å². The summed E-state index contributed by atoms with van der Waals surface area (Å²) in [5, 5.41) is 7.38. The van der Waals surface area contributed by atoms with Crippen molar-refractivity contribution in [3.63, 3.8) is 0 Å². The van der Waals surface area contributed by atoms with Crippen LogP contribution in [0.4, 0.5) is 0 Å². The van der Waals surface area contributed by atoms with Crippen LogP contribution < -0.4 is 5.73 Å². The van der Waals surface area contributed by atoms with Crippen LogP contribution in [0.3, 0.4) is 0 Å². The summed E-state index contributed by atoms with van der Waals surface area (Å²) in [6, 6.07) is 0. The molecule has 4 nitrogen and oxygen atoms in total. The number of nitrogens with zero attached hydrogens (tertiary/aromatic N) is 3. The van der Waals surface area contributed by atoms with E-state index in [0.29, 0.717) is 5.82 Å². The predicted molar refractivity (Wildman–Crippen MR) is 36.4 cm³/mol. The maximum absolute atomic E-state index is 5.44. The first-order chi connectivity index (χ1) is 4.74. The monoisotopic (exact) mass is 225 g/mol. The zero-order valence-corrected chi connectivity index (χ0v) is 9.33. The Hall–Kier alpha value is -0.216. The Morgan fingerprint density at radius 2 is 2.36 bits per heavy atom. The fourth-order valence-electron chi connectivity index (χ4n) is 0.524. The van der Waals surface area contributed by atoms with Crippen LogP contribution in [0, 0.1) is 19.2 Å². The molecule has 1 rings (SSSR count). The van der Waals surface area contributed by atoms with Crippen LogP contribution in [0.2, 0.25) is 0 Å². The van der Waals surface area contributed by atoms with Crippen molar-refractivity contribution in [1.29, 1.82) is 0 Å². The van der Waals surface area contributed by atoms with Gasteiger partial charge in [-0.05, 0) is 12.6 Å². The van der Waals surface area contributed by atoms with Gasteiger partial charge in [-0.1, -0.05) is 0 Å². The molecule has 57 valence electrons. The van der Waals surface area contributed by atoms with E-state index in [0.717, 1.165) is 5.69 Å². The third-order valence-corrected chi connectivity index (χ3v) is 1.04. The van der Waals surface area contributed by atoms with Gasteiger partial charge in [0.25, 0.3) is 0 Å². The molecule has 0 saturated heterocycles. The zero-order chi connectivity index (χ0) is 7.56. The molecule has 1 aromatic heterocycles. The van der Waals surface area contributed by atoms with Gasteiger partial charge in [0.05, 0.1) is 0 Å². The minimum absolute atomic E-state index is 0. The van der Waals surface area contributed by atoms with Crippen LogP contribution in [0.25, 0.3) is 5.82 Å². The zero-order valence-electron chi connectivity index (χ0n) is 6.50. The van der Waals surface area contributed by atoms with E-state index in [4.69, 9.17) is 5.73 Å². The molecule has 1 heterocycles. The van der Waals surface area contributed by atoms with Crippen molar-refractivity contribution in [3.8, 4) is 0 Å². The van der Waals surface area contributed by atoms with Crippen molar-refractivity contribution in [2.75, 3.05) is 0 Å². The normalized spacial score (nSPS) is 10.9. The molecule has 5 heteroatoms. The summed E-state index contributed by atoms with van der Waals surface area (Å²) >= 11 is 0. The molecule has 0 bridgehead atoms. The summed E-state index contributed by atoms with van der Waals surface area (Å²) in [6.45, 7) is 3.51. The number of rotatable bonds is 1. The number of hydrogen-bond donors (Lipinski definition) is 1. The second-order valence-corrected chi connectivity index (χ2v) is 1.83. The van der Waals surface area contributed by atoms with Gasteiger partial charge in [0.2, 0.25) is 0 Å². The quantitative estimate of drug-likeness (QED) is 0.682. The third kappa shape index (κ3) is 2.71. The summed E-state index contributed by atoms with van der Waals surface area (Å²) < 4.78 is 1.36. The molecule has 11 heavy (non-hydrogen) atoms. The van der Waals surface area contributed by atoms with Crippen LogP contribution >= 0.6 is 0 Å². The summed E-state index contributed by atoms with van der Waals surface area (Å²) in [5.41, 5.74) is 6.16. The number of nitrogens with two attached hydrogens (primary N) is 1. The first-order valence-corrected chi connectivity index (χ1v) is 2.86. The molecule has 0 saturated carbocycles. The molecule has 0 aliphatic carbocycles. The standard InChI is InChI=1S/C6H8N4.Y/c1-3-6(7)10-4-5(2)8-9-10;/h7H2,1-2H3;/q-2;. The molecule has 0 atom stereocenters. The Kier molecular flexibility index (Phi) is 4.53. The maximum Gasteiger partial charge on any atom is 0 e. The molecule has 0 fully saturated rings. The van der Waals surface area contributed by atoms with E-state index in [1.54, 1.807) is 13.8 Å². The average molecular weight is 225 g/mol. The van der Waals surface area contributed by atoms with Gasteiger partial charge in [0.15, 0.2) is 0 Å². The minimum atomic E-state index is 0. The molecule has 0 aliphatic rings. The minimum Gasteiger partial charge on any atom is -0.563 e. The van der Waals surface area contributed by atoms with Gasteiger partial charge in [-0.15, -0.1) is 11.4 Å². The molecular weight excluding hydrogens is 217 g/mol. The van der Waals surface area contributed by atoms with E-state index in [-0.39, 0.29) is 32.7 Å². The number of hydrogen-bond acceptors (Lipinski definition) is 3. The first kappa shape index (κ1) is 10.8. The molecule has 0 unspecified atom stereocenters. The van der Waals surface area contributed by atoms with Gasteiger partial charge in [0, 0.05) is 32.7 Å².